The van der Waals surface area contributed by atoms with Gasteiger partial charge in [0, 0.05) is 21.1 Å². The minimum atomic E-state index is -0.342. The number of aromatic nitrogens is 3. The maximum absolute atomic E-state index is 12.5. The van der Waals surface area contributed by atoms with Crippen LogP contribution in [-0.4, -0.2) is 20.7 Å². The molecule has 3 rings (SSSR count). The van der Waals surface area contributed by atoms with E-state index >= 15 is 0 Å². The highest BCUT2D eigenvalue weighted by Gasteiger charge is 2.21. The molecule has 1 N–H and O–H groups in total. The standard InChI is InChI=1S/C16H13Cl3N4OS/c1-8-6-20-16(25-8)21-15(24)13-9(2)22-23(14(13)19)7-10-3-4-11(17)5-12(10)18/h3-6H,7H2,1-2H3,(H,20,21,24). The molecule has 0 radical (unpaired) electrons. The van der Waals surface area contributed by atoms with Gasteiger partial charge in [0.15, 0.2) is 5.13 Å². The Balaban J connectivity index is 1.86. The van der Waals surface area contributed by atoms with Crippen LogP contribution in [-0.2, 0) is 6.54 Å². The summed E-state index contributed by atoms with van der Waals surface area (Å²) >= 11 is 19.9. The molecule has 9 heteroatoms. The highest BCUT2D eigenvalue weighted by atomic mass is 35.5. The summed E-state index contributed by atoms with van der Waals surface area (Å²) in [5, 5.41) is 8.93. The van der Waals surface area contributed by atoms with E-state index in [0.717, 1.165) is 10.4 Å². The Morgan fingerprint density at radius 2 is 2.04 bits per heavy atom. The van der Waals surface area contributed by atoms with Gasteiger partial charge in [0.1, 0.15) is 5.15 Å². The molecule has 0 aliphatic rings. The average molecular weight is 416 g/mol. The Morgan fingerprint density at radius 3 is 2.68 bits per heavy atom. The van der Waals surface area contributed by atoms with E-state index in [2.05, 4.69) is 15.4 Å². The van der Waals surface area contributed by atoms with Gasteiger partial charge in [-0.3, -0.25) is 10.1 Å². The molecule has 2 aromatic heterocycles. The molecule has 0 bridgehead atoms. The molecule has 3 aromatic rings. The minimum Gasteiger partial charge on any atom is -0.298 e. The van der Waals surface area contributed by atoms with E-state index in [-0.39, 0.29) is 11.1 Å². The lowest BCUT2D eigenvalue weighted by Gasteiger charge is -2.07. The van der Waals surface area contributed by atoms with Crippen molar-refractivity contribution in [2.45, 2.75) is 20.4 Å². The van der Waals surface area contributed by atoms with E-state index < -0.39 is 0 Å². The van der Waals surface area contributed by atoms with Crippen LogP contribution in [0.3, 0.4) is 0 Å². The zero-order chi connectivity index (χ0) is 18.1. The molecular weight excluding hydrogens is 403 g/mol. The van der Waals surface area contributed by atoms with Gasteiger partial charge >= 0.3 is 0 Å². The summed E-state index contributed by atoms with van der Waals surface area (Å²) in [7, 11) is 0. The second kappa shape index (κ2) is 7.33. The number of hydrogen-bond donors (Lipinski definition) is 1. The summed E-state index contributed by atoms with van der Waals surface area (Å²) in [6.45, 7) is 3.98. The number of thiazole rings is 1. The molecule has 1 aromatic carbocycles. The van der Waals surface area contributed by atoms with Crippen molar-refractivity contribution in [3.05, 3.63) is 61.3 Å². The minimum absolute atomic E-state index is 0.245. The first-order valence-electron chi connectivity index (χ1n) is 7.25. The molecule has 0 aliphatic heterocycles. The van der Waals surface area contributed by atoms with Crippen molar-refractivity contribution in [1.82, 2.24) is 14.8 Å². The summed E-state index contributed by atoms with van der Waals surface area (Å²) in [4.78, 5) is 17.6. The fourth-order valence-corrected chi connectivity index (χ4v) is 3.75. The Kier molecular flexibility index (Phi) is 5.34. The number of carbonyl (C=O) groups excluding carboxylic acids is 1. The highest BCUT2D eigenvalue weighted by Crippen LogP contribution is 2.26. The van der Waals surface area contributed by atoms with Crippen LogP contribution in [0.2, 0.25) is 15.2 Å². The van der Waals surface area contributed by atoms with Gasteiger partial charge in [-0.1, -0.05) is 40.9 Å². The van der Waals surface area contributed by atoms with Gasteiger partial charge in [-0.05, 0) is 31.5 Å². The number of nitrogens with one attached hydrogen (secondary N) is 1. The van der Waals surface area contributed by atoms with Crippen molar-refractivity contribution in [3.63, 3.8) is 0 Å². The van der Waals surface area contributed by atoms with Crippen LogP contribution in [0.1, 0.15) is 26.5 Å². The Morgan fingerprint density at radius 1 is 1.28 bits per heavy atom. The Labute approximate surface area is 163 Å². The molecule has 25 heavy (non-hydrogen) atoms. The number of benzene rings is 1. The van der Waals surface area contributed by atoms with E-state index in [1.165, 1.54) is 16.0 Å². The molecule has 5 nitrogen and oxygen atoms in total. The van der Waals surface area contributed by atoms with Crippen molar-refractivity contribution in [3.8, 4) is 0 Å². The predicted molar refractivity (Wildman–Crippen MR) is 102 cm³/mol. The largest absolute Gasteiger partial charge is 0.298 e. The fourth-order valence-electron chi connectivity index (χ4n) is 2.30. The summed E-state index contributed by atoms with van der Waals surface area (Å²) in [5.41, 5.74) is 1.65. The van der Waals surface area contributed by atoms with Crippen LogP contribution in [0.4, 0.5) is 5.13 Å². The van der Waals surface area contributed by atoms with E-state index in [1.807, 2.05) is 6.92 Å². The molecule has 0 atom stereocenters. The molecule has 0 spiro atoms. The SMILES string of the molecule is Cc1cnc(NC(=O)c2c(C)nn(Cc3ccc(Cl)cc3Cl)c2Cl)s1. The average Bonchev–Trinajstić information content (AvgIpc) is 3.05. The molecule has 2 heterocycles. The van der Waals surface area contributed by atoms with E-state index in [9.17, 15) is 4.79 Å². The maximum Gasteiger partial charge on any atom is 0.262 e. The van der Waals surface area contributed by atoms with Crippen LogP contribution >= 0.6 is 46.1 Å². The van der Waals surface area contributed by atoms with Crippen LogP contribution in [0.25, 0.3) is 0 Å². The molecule has 0 fully saturated rings. The second-order valence-electron chi connectivity index (χ2n) is 5.37. The number of aryl methyl sites for hydroxylation is 2. The third kappa shape index (κ3) is 3.98. The van der Waals surface area contributed by atoms with Gasteiger partial charge in [0.05, 0.1) is 17.8 Å². The van der Waals surface area contributed by atoms with Gasteiger partial charge in [0.2, 0.25) is 0 Å². The maximum atomic E-state index is 12.5. The zero-order valence-electron chi connectivity index (χ0n) is 13.3. The number of rotatable bonds is 4. The topological polar surface area (TPSA) is 59.8 Å². The lowest BCUT2D eigenvalue weighted by atomic mass is 10.2. The normalized spacial score (nSPS) is 10.9. The lowest BCUT2D eigenvalue weighted by molar-refractivity contribution is 0.102. The van der Waals surface area contributed by atoms with Crippen molar-refractivity contribution in [2.24, 2.45) is 0 Å². The van der Waals surface area contributed by atoms with Crippen molar-refractivity contribution >= 4 is 57.2 Å². The van der Waals surface area contributed by atoms with Crippen LogP contribution in [0, 0.1) is 13.8 Å². The van der Waals surface area contributed by atoms with Gasteiger partial charge in [-0.25, -0.2) is 9.67 Å². The number of nitrogens with zero attached hydrogens (tertiary/aromatic N) is 3. The van der Waals surface area contributed by atoms with E-state index in [0.29, 0.717) is 33.0 Å². The fraction of sp³-hybridized carbons (Fsp3) is 0.188. The van der Waals surface area contributed by atoms with Gasteiger partial charge < -0.3 is 0 Å². The van der Waals surface area contributed by atoms with Crippen LogP contribution in [0.15, 0.2) is 24.4 Å². The van der Waals surface area contributed by atoms with E-state index in [4.69, 9.17) is 34.8 Å². The number of anilines is 1. The van der Waals surface area contributed by atoms with Crippen molar-refractivity contribution < 1.29 is 4.79 Å². The number of halogens is 3. The molecular formula is C16H13Cl3N4OS. The molecule has 0 saturated carbocycles. The molecule has 0 aliphatic carbocycles. The number of amides is 1. The second-order valence-corrected chi connectivity index (χ2v) is 7.81. The third-order valence-corrected chi connectivity index (χ3v) is 5.27. The summed E-state index contributed by atoms with van der Waals surface area (Å²) in [6.07, 6.45) is 1.70. The Bertz CT molecular complexity index is 951. The summed E-state index contributed by atoms with van der Waals surface area (Å²) < 4.78 is 1.54. The first-order valence-corrected chi connectivity index (χ1v) is 9.21. The molecule has 1 amide bonds. The van der Waals surface area contributed by atoms with Gasteiger partial charge in [-0.2, -0.15) is 5.10 Å². The van der Waals surface area contributed by atoms with Gasteiger partial charge in [0.25, 0.3) is 5.91 Å². The smallest absolute Gasteiger partial charge is 0.262 e. The number of hydrogen-bond acceptors (Lipinski definition) is 4. The number of carbonyl (C=O) groups is 1. The zero-order valence-corrected chi connectivity index (χ0v) is 16.4. The molecule has 0 saturated heterocycles. The van der Waals surface area contributed by atoms with Crippen molar-refractivity contribution in [2.75, 3.05) is 5.32 Å². The van der Waals surface area contributed by atoms with Gasteiger partial charge in [-0.15, -0.1) is 11.3 Å². The molecule has 0 unspecified atom stereocenters. The first-order chi connectivity index (χ1) is 11.8. The highest BCUT2D eigenvalue weighted by molar-refractivity contribution is 7.15. The summed E-state index contributed by atoms with van der Waals surface area (Å²) in [5.74, 6) is -0.342. The predicted octanol–water partition coefficient (Wildman–Crippen LogP) is 5.22. The lowest BCUT2D eigenvalue weighted by Crippen LogP contribution is -2.13. The van der Waals surface area contributed by atoms with E-state index in [1.54, 1.807) is 31.3 Å². The molecule has 130 valence electrons. The monoisotopic (exact) mass is 414 g/mol. The van der Waals surface area contributed by atoms with Crippen molar-refractivity contribution in [1.29, 1.82) is 0 Å². The third-order valence-electron chi connectivity index (χ3n) is 3.47. The Hall–Kier alpha value is -1.60. The quantitative estimate of drug-likeness (QED) is 0.635. The first kappa shape index (κ1) is 18.2. The van der Waals surface area contributed by atoms with Crippen LogP contribution in [0.5, 0.6) is 0 Å². The van der Waals surface area contributed by atoms with Crippen LogP contribution < -0.4 is 5.32 Å². The summed E-state index contributed by atoms with van der Waals surface area (Å²) in [6, 6.07) is 5.20.